The highest BCUT2D eigenvalue weighted by molar-refractivity contribution is 5.86. The number of benzene rings is 2. The van der Waals surface area contributed by atoms with Gasteiger partial charge in [0.25, 0.3) is 0 Å². The molecular weight excluding hydrogens is 397 g/mol. The normalized spacial score (nSPS) is 17.5. The summed E-state index contributed by atoms with van der Waals surface area (Å²) in [6, 6.07) is 14.9. The molecule has 0 aliphatic carbocycles. The lowest BCUT2D eigenvalue weighted by Gasteiger charge is -2.33. The van der Waals surface area contributed by atoms with Crippen molar-refractivity contribution in [1.82, 2.24) is 15.5 Å². The minimum absolute atomic E-state index is 0.00440. The third-order valence-electron chi connectivity index (χ3n) is 5.35. The van der Waals surface area contributed by atoms with Crippen LogP contribution in [-0.4, -0.2) is 42.3 Å². The molecule has 1 fully saturated rings. The third kappa shape index (κ3) is 6.91. The summed E-state index contributed by atoms with van der Waals surface area (Å²) in [5.41, 5.74) is 1.43. The van der Waals surface area contributed by atoms with Crippen LogP contribution in [0.5, 0.6) is 0 Å². The van der Waals surface area contributed by atoms with Crippen molar-refractivity contribution < 1.29 is 18.8 Å². The van der Waals surface area contributed by atoms with Crippen LogP contribution < -0.4 is 10.6 Å². The van der Waals surface area contributed by atoms with Crippen molar-refractivity contribution in [2.75, 3.05) is 19.6 Å². The van der Waals surface area contributed by atoms with E-state index < -0.39 is 11.9 Å². The Hall–Kier alpha value is -3.22. The summed E-state index contributed by atoms with van der Waals surface area (Å²) >= 11 is 0. The van der Waals surface area contributed by atoms with Crippen LogP contribution in [0.2, 0.25) is 0 Å². The van der Waals surface area contributed by atoms with E-state index >= 15 is 0 Å². The van der Waals surface area contributed by atoms with E-state index in [4.69, 9.17) is 0 Å². The molecule has 1 saturated heterocycles. The van der Waals surface area contributed by atoms with Crippen LogP contribution in [0.3, 0.4) is 0 Å². The second-order valence-corrected chi connectivity index (χ2v) is 7.71. The lowest BCUT2D eigenvalue weighted by atomic mass is 10.00. The predicted molar refractivity (Wildman–Crippen MR) is 115 cm³/mol. The van der Waals surface area contributed by atoms with Crippen LogP contribution in [0, 0.1) is 5.82 Å². The summed E-state index contributed by atoms with van der Waals surface area (Å²) < 4.78 is 13.3. The summed E-state index contributed by atoms with van der Waals surface area (Å²) in [4.78, 5) is 39.4. The Morgan fingerprint density at radius 3 is 2.65 bits per heavy atom. The molecule has 1 aliphatic heterocycles. The average Bonchev–Trinajstić information content (AvgIpc) is 2.76. The maximum atomic E-state index is 13.3. The Morgan fingerprint density at radius 2 is 1.87 bits per heavy atom. The van der Waals surface area contributed by atoms with Gasteiger partial charge in [0.1, 0.15) is 5.82 Å². The lowest BCUT2D eigenvalue weighted by Crippen LogP contribution is -2.44. The molecule has 2 aromatic carbocycles. The van der Waals surface area contributed by atoms with Crippen LogP contribution in [0.15, 0.2) is 54.6 Å². The monoisotopic (exact) mass is 425 g/mol. The number of halogens is 1. The zero-order valence-corrected chi connectivity index (χ0v) is 17.5. The Morgan fingerprint density at radius 1 is 1.06 bits per heavy atom. The van der Waals surface area contributed by atoms with Crippen molar-refractivity contribution in [3.05, 3.63) is 71.5 Å². The molecule has 164 valence electrons. The smallest absolute Gasteiger partial charge is 0.242 e. The van der Waals surface area contributed by atoms with Crippen LogP contribution in [0.1, 0.15) is 42.9 Å². The van der Waals surface area contributed by atoms with Crippen molar-refractivity contribution in [3.63, 3.8) is 0 Å². The van der Waals surface area contributed by atoms with Crippen molar-refractivity contribution in [1.29, 1.82) is 0 Å². The van der Waals surface area contributed by atoms with Crippen LogP contribution in [0.4, 0.5) is 4.39 Å². The molecule has 1 heterocycles. The molecule has 3 rings (SSSR count). The Balaban J connectivity index is 1.69. The van der Waals surface area contributed by atoms with Gasteiger partial charge in [-0.1, -0.05) is 42.5 Å². The molecule has 2 aromatic rings. The summed E-state index contributed by atoms with van der Waals surface area (Å²) in [7, 11) is 0. The number of carbonyl (C=O) groups is 3. The molecule has 6 nitrogen and oxygen atoms in total. The maximum Gasteiger partial charge on any atom is 0.242 e. The molecule has 1 aliphatic rings. The first-order chi connectivity index (χ1) is 15.0. The van der Waals surface area contributed by atoms with E-state index in [-0.39, 0.29) is 37.1 Å². The van der Waals surface area contributed by atoms with Gasteiger partial charge in [-0.3, -0.25) is 14.4 Å². The summed E-state index contributed by atoms with van der Waals surface area (Å²) in [6.45, 7) is 0.995. The number of nitrogens with zero attached hydrogens (tertiary/aromatic N) is 1. The highest BCUT2D eigenvalue weighted by atomic mass is 19.1. The third-order valence-corrected chi connectivity index (χ3v) is 5.35. The van der Waals surface area contributed by atoms with E-state index in [1.54, 1.807) is 17.0 Å². The number of rotatable bonds is 5. The fraction of sp³-hybridized carbons (Fsp3) is 0.375. The van der Waals surface area contributed by atoms with E-state index in [9.17, 15) is 18.8 Å². The molecule has 0 saturated carbocycles. The van der Waals surface area contributed by atoms with E-state index in [1.807, 2.05) is 30.3 Å². The minimum atomic E-state index is -0.405. The summed E-state index contributed by atoms with van der Waals surface area (Å²) in [5.74, 6) is -1.09. The molecule has 0 bridgehead atoms. The fourth-order valence-corrected chi connectivity index (χ4v) is 3.77. The molecular formula is C24H28FN3O3. The molecule has 0 aromatic heterocycles. The van der Waals surface area contributed by atoms with Gasteiger partial charge in [0.15, 0.2) is 0 Å². The van der Waals surface area contributed by atoms with Gasteiger partial charge >= 0.3 is 0 Å². The van der Waals surface area contributed by atoms with Crippen molar-refractivity contribution in [2.24, 2.45) is 0 Å². The first-order valence-electron chi connectivity index (χ1n) is 10.6. The molecule has 2 N–H and O–H groups in total. The molecule has 0 radical (unpaired) electrons. The lowest BCUT2D eigenvalue weighted by molar-refractivity contribution is -0.136. The van der Waals surface area contributed by atoms with Gasteiger partial charge in [-0.05, 0) is 42.5 Å². The highest BCUT2D eigenvalue weighted by Gasteiger charge is 2.27. The minimum Gasteiger partial charge on any atom is -0.356 e. The average molecular weight is 426 g/mol. The molecule has 1 unspecified atom stereocenters. The SMILES string of the molecule is O=C(Cc1cccc(F)c1)NCC(=O)N1CCCCCNC(=O)CC1c1ccccc1. The van der Waals surface area contributed by atoms with Crippen molar-refractivity contribution in [3.8, 4) is 0 Å². The molecule has 3 amide bonds. The van der Waals surface area contributed by atoms with Crippen LogP contribution in [-0.2, 0) is 20.8 Å². The summed E-state index contributed by atoms with van der Waals surface area (Å²) in [6.07, 6.45) is 2.76. The Bertz CT molecular complexity index is 904. The number of hydrogen-bond acceptors (Lipinski definition) is 3. The largest absolute Gasteiger partial charge is 0.356 e. The van der Waals surface area contributed by atoms with E-state index in [0.717, 1.165) is 24.8 Å². The second-order valence-electron chi connectivity index (χ2n) is 7.71. The fourth-order valence-electron chi connectivity index (χ4n) is 3.77. The van der Waals surface area contributed by atoms with Gasteiger partial charge < -0.3 is 15.5 Å². The number of amides is 3. The van der Waals surface area contributed by atoms with Crippen molar-refractivity contribution in [2.45, 2.75) is 38.1 Å². The molecule has 7 heteroatoms. The van der Waals surface area contributed by atoms with Gasteiger partial charge in [-0.2, -0.15) is 0 Å². The van der Waals surface area contributed by atoms with Gasteiger partial charge in [-0.25, -0.2) is 4.39 Å². The topological polar surface area (TPSA) is 78.5 Å². The molecule has 1 atom stereocenters. The second kappa shape index (κ2) is 11.2. The Labute approximate surface area is 181 Å². The number of hydrogen-bond donors (Lipinski definition) is 2. The number of nitrogens with one attached hydrogen (secondary N) is 2. The highest BCUT2D eigenvalue weighted by Crippen LogP contribution is 2.25. The molecule has 0 spiro atoms. The van der Waals surface area contributed by atoms with Crippen LogP contribution in [0.25, 0.3) is 0 Å². The Kier molecular flexibility index (Phi) is 8.15. The van der Waals surface area contributed by atoms with Gasteiger partial charge in [0.05, 0.1) is 25.4 Å². The van der Waals surface area contributed by atoms with E-state index in [0.29, 0.717) is 18.7 Å². The van der Waals surface area contributed by atoms with E-state index in [1.165, 1.54) is 12.1 Å². The first kappa shape index (κ1) is 22.5. The van der Waals surface area contributed by atoms with Crippen LogP contribution >= 0.6 is 0 Å². The van der Waals surface area contributed by atoms with Gasteiger partial charge in [0, 0.05) is 13.1 Å². The first-order valence-corrected chi connectivity index (χ1v) is 10.6. The number of carbonyl (C=O) groups excluding carboxylic acids is 3. The summed E-state index contributed by atoms with van der Waals surface area (Å²) in [5, 5.41) is 5.56. The zero-order valence-electron chi connectivity index (χ0n) is 17.5. The zero-order chi connectivity index (χ0) is 22.1. The van der Waals surface area contributed by atoms with Gasteiger partial charge in [-0.15, -0.1) is 0 Å². The van der Waals surface area contributed by atoms with E-state index in [2.05, 4.69) is 10.6 Å². The van der Waals surface area contributed by atoms with Gasteiger partial charge in [0.2, 0.25) is 17.7 Å². The predicted octanol–water partition coefficient (Wildman–Crippen LogP) is 2.74. The standard InChI is InChI=1S/C24H28FN3O3/c25-20-11-7-8-18(14-20)15-22(29)27-17-24(31)28-13-6-2-5-12-26-23(30)16-21(28)19-9-3-1-4-10-19/h1,3-4,7-11,14,21H,2,5-6,12-13,15-17H2,(H,26,30)(H,27,29). The quantitative estimate of drug-likeness (QED) is 0.773. The molecule has 31 heavy (non-hydrogen) atoms. The van der Waals surface area contributed by atoms with Crippen molar-refractivity contribution >= 4 is 17.7 Å². The maximum absolute atomic E-state index is 13.3.